The Morgan fingerprint density at radius 1 is 1.67 bits per heavy atom. The maximum absolute atomic E-state index is 11.3. The first-order chi connectivity index (χ1) is 4.16. The van der Waals surface area contributed by atoms with Crippen LogP contribution in [0.5, 0.6) is 0 Å². The van der Waals surface area contributed by atoms with Crippen molar-refractivity contribution in [1.29, 1.82) is 0 Å². The Labute approximate surface area is 52.1 Å². The minimum atomic E-state index is -1.10. The van der Waals surface area contributed by atoms with Crippen molar-refractivity contribution in [2.45, 2.75) is 18.9 Å². The first-order valence-corrected chi connectivity index (χ1v) is 2.62. The van der Waals surface area contributed by atoms with E-state index in [0.717, 1.165) is 0 Å². The Balaban J connectivity index is 3.26. The number of carboxylic acid groups (broad SMARTS) is 1. The fourth-order valence-electron chi connectivity index (χ4n) is 0.430. The van der Waals surface area contributed by atoms with E-state index < -0.39 is 18.7 Å². The second-order valence-corrected chi connectivity index (χ2v) is 1.73. The number of aliphatic hydroxyl groups excluding tert-OH is 1. The fraction of sp³-hybridized carbons (Fsp3) is 0.800. The minimum absolute atomic E-state index is 0.0910. The third-order valence-corrected chi connectivity index (χ3v) is 0.853. The van der Waals surface area contributed by atoms with Crippen molar-refractivity contribution in [3.63, 3.8) is 0 Å². The van der Waals surface area contributed by atoms with Crippen LogP contribution in [0.15, 0.2) is 0 Å². The highest BCUT2D eigenvalue weighted by molar-refractivity contribution is 5.67. The second-order valence-electron chi connectivity index (χ2n) is 1.73. The van der Waals surface area contributed by atoms with Crippen molar-refractivity contribution in [3.05, 3.63) is 0 Å². The van der Waals surface area contributed by atoms with Gasteiger partial charge in [-0.2, -0.15) is 0 Å². The number of halogens is 1. The zero-order valence-electron chi connectivity index (χ0n) is 4.88. The molecule has 2 N–H and O–H groups in total. The van der Waals surface area contributed by atoms with Crippen LogP contribution in [-0.2, 0) is 4.79 Å². The molecule has 0 rings (SSSR count). The van der Waals surface area contributed by atoms with E-state index in [-0.39, 0.29) is 12.8 Å². The van der Waals surface area contributed by atoms with Crippen LogP contribution in [-0.4, -0.2) is 29.0 Å². The summed E-state index contributed by atoms with van der Waals surface area (Å²) in [6, 6.07) is 0. The molecular weight excluding hydrogens is 127 g/mol. The Morgan fingerprint density at radius 2 is 2.22 bits per heavy atom. The molecule has 0 spiro atoms. The molecule has 0 aromatic carbocycles. The van der Waals surface area contributed by atoms with Gasteiger partial charge in [-0.25, -0.2) is 0 Å². The molecule has 0 heterocycles. The molecule has 0 radical (unpaired) electrons. The summed E-state index contributed by atoms with van der Waals surface area (Å²) in [5, 5.41) is 16.6. The van der Waals surface area contributed by atoms with Crippen molar-refractivity contribution in [2.75, 3.05) is 6.67 Å². The highest BCUT2D eigenvalue weighted by atomic mass is 19.1. The molecule has 0 amide bonds. The quantitative estimate of drug-likeness (QED) is 0.579. The Bertz CT molecular complexity index is 94.2. The smallest absolute Gasteiger partial charge is 0.305 e. The summed E-state index contributed by atoms with van der Waals surface area (Å²) >= 11 is 0. The van der Waals surface area contributed by atoms with E-state index in [9.17, 15) is 9.18 Å². The molecule has 0 fully saturated rings. The number of aliphatic hydroxyl groups is 1. The van der Waals surface area contributed by atoms with E-state index in [1.165, 1.54) is 0 Å². The summed E-state index contributed by atoms with van der Waals surface area (Å²) in [6.45, 7) is -0.672. The molecule has 9 heavy (non-hydrogen) atoms. The minimum Gasteiger partial charge on any atom is -0.481 e. The van der Waals surface area contributed by atoms with Gasteiger partial charge in [0, 0.05) is 6.42 Å². The van der Waals surface area contributed by atoms with Crippen LogP contribution in [0, 0.1) is 0 Å². The Kier molecular flexibility index (Phi) is 3.96. The van der Waals surface area contributed by atoms with Crippen LogP contribution in [0.25, 0.3) is 0 Å². The lowest BCUT2D eigenvalue weighted by Gasteiger charge is -2.01. The summed E-state index contributed by atoms with van der Waals surface area (Å²) in [4.78, 5) is 9.80. The highest BCUT2D eigenvalue weighted by Crippen LogP contribution is 1.96. The van der Waals surface area contributed by atoms with Crippen LogP contribution in [0.4, 0.5) is 4.39 Å². The number of hydrogen-bond acceptors (Lipinski definition) is 2. The lowest BCUT2D eigenvalue weighted by atomic mass is 10.2. The largest absolute Gasteiger partial charge is 0.481 e. The zero-order chi connectivity index (χ0) is 7.28. The van der Waals surface area contributed by atoms with Crippen molar-refractivity contribution in [2.24, 2.45) is 0 Å². The fourth-order valence-corrected chi connectivity index (χ4v) is 0.430. The molecule has 0 aromatic rings. The first kappa shape index (κ1) is 8.36. The third kappa shape index (κ3) is 5.23. The van der Waals surface area contributed by atoms with Gasteiger partial charge < -0.3 is 10.2 Å². The zero-order valence-corrected chi connectivity index (χ0v) is 4.88. The molecule has 0 unspecified atom stereocenters. The van der Waals surface area contributed by atoms with Gasteiger partial charge in [0.2, 0.25) is 0 Å². The van der Waals surface area contributed by atoms with Gasteiger partial charge in [0.1, 0.15) is 0 Å². The standard InChI is InChI=1S/C5H9FO3/c6-2-1-4(7)3-5(8)9/h4,7H,1-3H2,(H,8,9)/t4-/m1/s1. The van der Waals surface area contributed by atoms with E-state index in [1.807, 2.05) is 0 Å². The summed E-state index contributed by atoms with van der Waals surface area (Å²) in [7, 11) is 0. The van der Waals surface area contributed by atoms with Gasteiger partial charge >= 0.3 is 5.97 Å². The van der Waals surface area contributed by atoms with E-state index in [0.29, 0.717) is 0 Å². The molecule has 0 aliphatic carbocycles. The number of carboxylic acids is 1. The lowest BCUT2D eigenvalue weighted by Crippen LogP contribution is -2.13. The third-order valence-electron chi connectivity index (χ3n) is 0.853. The van der Waals surface area contributed by atoms with Crippen LogP contribution in [0.2, 0.25) is 0 Å². The number of hydrogen-bond donors (Lipinski definition) is 2. The van der Waals surface area contributed by atoms with Crippen LogP contribution in [0.3, 0.4) is 0 Å². The molecule has 0 saturated heterocycles. The summed E-state index contributed by atoms with van der Waals surface area (Å²) in [6.07, 6.45) is -1.50. The predicted octanol–water partition coefficient (Wildman–Crippen LogP) is 0.182. The van der Waals surface area contributed by atoms with Gasteiger partial charge in [0.25, 0.3) is 0 Å². The monoisotopic (exact) mass is 136 g/mol. The van der Waals surface area contributed by atoms with Crippen LogP contribution in [0.1, 0.15) is 12.8 Å². The topological polar surface area (TPSA) is 57.5 Å². The average molecular weight is 136 g/mol. The molecule has 0 aliphatic heterocycles. The van der Waals surface area contributed by atoms with E-state index in [1.54, 1.807) is 0 Å². The maximum atomic E-state index is 11.3. The molecule has 0 aromatic heterocycles. The average Bonchev–Trinajstić information content (AvgIpc) is 1.63. The van der Waals surface area contributed by atoms with Crippen LogP contribution >= 0.6 is 0 Å². The Hall–Kier alpha value is -0.640. The van der Waals surface area contributed by atoms with Crippen molar-refractivity contribution >= 4 is 5.97 Å². The molecule has 54 valence electrons. The summed E-state index contributed by atoms with van der Waals surface area (Å²) in [5.41, 5.74) is 0. The first-order valence-electron chi connectivity index (χ1n) is 2.62. The molecular formula is C5H9FO3. The highest BCUT2D eigenvalue weighted by Gasteiger charge is 2.07. The lowest BCUT2D eigenvalue weighted by molar-refractivity contribution is -0.139. The molecule has 0 aliphatic rings. The molecule has 0 saturated carbocycles. The van der Waals surface area contributed by atoms with Gasteiger partial charge in [-0.1, -0.05) is 0 Å². The number of alkyl halides is 1. The molecule has 1 atom stereocenters. The summed E-state index contributed by atoms with van der Waals surface area (Å²) in [5.74, 6) is -1.10. The Morgan fingerprint density at radius 3 is 2.56 bits per heavy atom. The molecule has 4 heteroatoms. The molecule has 3 nitrogen and oxygen atoms in total. The number of carbonyl (C=O) groups is 1. The van der Waals surface area contributed by atoms with E-state index in [4.69, 9.17) is 10.2 Å². The van der Waals surface area contributed by atoms with E-state index >= 15 is 0 Å². The van der Waals surface area contributed by atoms with Gasteiger partial charge in [-0.05, 0) is 0 Å². The SMILES string of the molecule is O=C(O)C[C@H](O)CCF. The maximum Gasteiger partial charge on any atom is 0.305 e. The van der Waals surface area contributed by atoms with Gasteiger partial charge in [-0.3, -0.25) is 9.18 Å². The normalized spacial score (nSPS) is 13.1. The van der Waals surface area contributed by atoms with Gasteiger partial charge in [-0.15, -0.1) is 0 Å². The van der Waals surface area contributed by atoms with E-state index in [2.05, 4.69) is 0 Å². The second kappa shape index (κ2) is 4.26. The van der Waals surface area contributed by atoms with Crippen molar-refractivity contribution < 1.29 is 19.4 Å². The van der Waals surface area contributed by atoms with Gasteiger partial charge in [0.15, 0.2) is 0 Å². The summed E-state index contributed by atoms with van der Waals surface area (Å²) < 4.78 is 11.3. The number of aliphatic carboxylic acids is 1. The molecule has 0 bridgehead atoms. The number of rotatable bonds is 4. The van der Waals surface area contributed by atoms with Crippen molar-refractivity contribution in [3.8, 4) is 0 Å². The van der Waals surface area contributed by atoms with Crippen molar-refractivity contribution in [1.82, 2.24) is 0 Å². The van der Waals surface area contributed by atoms with Gasteiger partial charge in [0.05, 0.1) is 19.2 Å². The predicted molar refractivity (Wildman–Crippen MR) is 28.9 cm³/mol. The van der Waals surface area contributed by atoms with Crippen LogP contribution < -0.4 is 0 Å².